The number of carbonyl (C=O) groups excluding carboxylic acids is 1. The van der Waals surface area contributed by atoms with E-state index in [4.69, 9.17) is 0 Å². The molecule has 1 aliphatic carbocycles. The Bertz CT molecular complexity index is 598. The zero-order valence-corrected chi connectivity index (χ0v) is 13.6. The van der Waals surface area contributed by atoms with Gasteiger partial charge in [-0.05, 0) is 42.9 Å². The Morgan fingerprint density at radius 2 is 1.96 bits per heavy atom. The number of hydrogen-bond donors (Lipinski definition) is 1. The summed E-state index contributed by atoms with van der Waals surface area (Å²) in [4.78, 5) is 16.2. The number of hydrogen-bond acceptors (Lipinski definition) is 2. The average Bonchev–Trinajstić information content (AvgIpc) is 3.13. The predicted octanol–water partition coefficient (Wildman–Crippen LogP) is 3.75. The van der Waals surface area contributed by atoms with Crippen molar-refractivity contribution in [3.63, 3.8) is 0 Å². The summed E-state index contributed by atoms with van der Waals surface area (Å²) in [6, 6.07) is 8.21. The van der Waals surface area contributed by atoms with Crippen molar-refractivity contribution in [2.45, 2.75) is 51.0 Å². The number of nitrogens with zero attached hydrogens (tertiary/aromatic N) is 2. The van der Waals surface area contributed by atoms with E-state index in [0.29, 0.717) is 12.5 Å². The van der Waals surface area contributed by atoms with Crippen LogP contribution >= 0.6 is 0 Å². The fourth-order valence-electron chi connectivity index (χ4n) is 3.33. The van der Waals surface area contributed by atoms with Gasteiger partial charge in [-0.3, -0.25) is 4.79 Å². The molecular weight excluding hydrogens is 286 g/mol. The SMILES string of the molecule is O=C(NCCCn1ccnc1)c1ccc(C2CCCCC2)cc1. The monoisotopic (exact) mass is 311 g/mol. The third kappa shape index (κ3) is 4.44. The number of benzene rings is 1. The maximum absolute atomic E-state index is 12.2. The van der Waals surface area contributed by atoms with E-state index in [1.807, 2.05) is 22.9 Å². The van der Waals surface area contributed by atoms with Crippen LogP contribution in [0.25, 0.3) is 0 Å². The van der Waals surface area contributed by atoms with Crippen molar-refractivity contribution < 1.29 is 4.79 Å². The van der Waals surface area contributed by atoms with Crippen molar-refractivity contribution in [2.24, 2.45) is 0 Å². The summed E-state index contributed by atoms with van der Waals surface area (Å²) in [5, 5.41) is 2.99. The standard InChI is InChI=1S/C19H25N3O/c23-19(21-11-4-13-22-14-12-20-15-22)18-9-7-17(8-10-18)16-5-2-1-3-6-16/h7-10,12,14-16H,1-6,11,13H2,(H,21,23). The molecule has 1 amide bonds. The van der Waals surface area contributed by atoms with Gasteiger partial charge in [-0.1, -0.05) is 31.4 Å². The number of nitrogens with one attached hydrogen (secondary N) is 1. The predicted molar refractivity (Wildman–Crippen MR) is 91.4 cm³/mol. The first kappa shape index (κ1) is 15.8. The molecule has 0 bridgehead atoms. The van der Waals surface area contributed by atoms with Crippen LogP contribution < -0.4 is 5.32 Å². The van der Waals surface area contributed by atoms with Crippen molar-refractivity contribution in [1.82, 2.24) is 14.9 Å². The van der Waals surface area contributed by atoms with Crippen molar-refractivity contribution in [2.75, 3.05) is 6.54 Å². The Morgan fingerprint density at radius 1 is 1.17 bits per heavy atom. The molecule has 1 fully saturated rings. The van der Waals surface area contributed by atoms with E-state index < -0.39 is 0 Å². The van der Waals surface area contributed by atoms with Gasteiger partial charge >= 0.3 is 0 Å². The van der Waals surface area contributed by atoms with E-state index in [1.165, 1.54) is 37.7 Å². The lowest BCUT2D eigenvalue weighted by atomic mass is 9.84. The van der Waals surface area contributed by atoms with E-state index in [2.05, 4.69) is 22.4 Å². The summed E-state index contributed by atoms with van der Waals surface area (Å²) in [6.45, 7) is 1.56. The molecule has 1 aliphatic rings. The molecule has 122 valence electrons. The molecule has 0 saturated heterocycles. The Balaban J connectivity index is 1.45. The third-order valence-electron chi connectivity index (χ3n) is 4.69. The van der Waals surface area contributed by atoms with Gasteiger partial charge in [0.1, 0.15) is 0 Å². The number of imidazole rings is 1. The van der Waals surface area contributed by atoms with Gasteiger partial charge in [0.25, 0.3) is 5.91 Å². The highest BCUT2D eigenvalue weighted by Gasteiger charge is 2.15. The maximum Gasteiger partial charge on any atom is 0.251 e. The van der Waals surface area contributed by atoms with Crippen LogP contribution in [0.15, 0.2) is 43.0 Å². The molecule has 2 aromatic rings. The Labute approximate surface area is 137 Å². The lowest BCUT2D eigenvalue weighted by molar-refractivity contribution is 0.0952. The normalized spacial score (nSPS) is 15.5. The fraction of sp³-hybridized carbons (Fsp3) is 0.474. The molecule has 1 N–H and O–H groups in total. The molecule has 1 saturated carbocycles. The molecule has 0 aliphatic heterocycles. The van der Waals surface area contributed by atoms with Crippen LogP contribution in [-0.4, -0.2) is 22.0 Å². The quantitative estimate of drug-likeness (QED) is 0.826. The average molecular weight is 311 g/mol. The lowest BCUT2D eigenvalue weighted by Crippen LogP contribution is -2.25. The highest BCUT2D eigenvalue weighted by Crippen LogP contribution is 2.32. The smallest absolute Gasteiger partial charge is 0.251 e. The molecule has 0 radical (unpaired) electrons. The van der Waals surface area contributed by atoms with Gasteiger partial charge in [-0.25, -0.2) is 4.98 Å². The summed E-state index contributed by atoms with van der Waals surface area (Å²) in [5.74, 6) is 0.710. The molecule has 4 heteroatoms. The van der Waals surface area contributed by atoms with Crippen LogP contribution in [0.5, 0.6) is 0 Å². The van der Waals surface area contributed by atoms with E-state index >= 15 is 0 Å². The van der Waals surface area contributed by atoms with Gasteiger partial charge < -0.3 is 9.88 Å². The van der Waals surface area contributed by atoms with Gasteiger partial charge in [0.05, 0.1) is 6.33 Å². The number of aryl methyl sites for hydroxylation is 1. The Hall–Kier alpha value is -2.10. The summed E-state index contributed by atoms with van der Waals surface area (Å²) >= 11 is 0. The first-order chi connectivity index (χ1) is 11.3. The van der Waals surface area contributed by atoms with E-state index in [9.17, 15) is 4.79 Å². The van der Waals surface area contributed by atoms with Crippen LogP contribution in [0.3, 0.4) is 0 Å². The van der Waals surface area contributed by atoms with Crippen molar-refractivity contribution in [3.05, 3.63) is 54.1 Å². The van der Waals surface area contributed by atoms with Crippen LogP contribution in [0, 0.1) is 0 Å². The molecule has 1 aromatic carbocycles. The first-order valence-electron chi connectivity index (χ1n) is 8.67. The summed E-state index contributed by atoms with van der Waals surface area (Å²) in [5.41, 5.74) is 2.15. The summed E-state index contributed by atoms with van der Waals surface area (Å²) in [6.07, 6.45) is 13.0. The van der Waals surface area contributed by atoms with Gasteiger partial charge in [0, 0.05) is 31.0 Å². The van der Waals surface area contributed by atoms with E-state index in [1.54, 1.807) is 12.5 Å². The highest BCUT2D eigenvalue weighted by atomic mass is 16.1. The molecule has 3 rings (SSSR count). The molecule has 0 unspecified atom stereocenters. The van der Waals surface area contributed by atoms with E-state index in [-0.39, 0.29) is 5.91 Å². The van der Waals surface area contributed by atoms with Crippen LogP contribution in [-0.2, 0) is 6.54 Å². The molecule has 4 nitrogen and oxygen atoms in total. The van der Waals surface area contributed by atoms with Crippen LogP contribution in [0.2, 0.25) is 0 Å². The van der Waals surface area contributed by atoms with Crippen LogP contribution in [0.4, 0.5) is 0 Å². The van der Waals surface area contributed by atoms with Gasteiger partial charge in [-0.15, -0.1) is 0 Å². The van der Waals surface area contributed by atoms with Crippen molar-refractivity contribution >= 4 is 5.91 Å². The number of rotatable bonds is 6. The molecule has 1 heterocycles. The molecular formula is C19H25N3O. The third-order valence-corrected chi connectivity index (χ3v) is 4.69. The minimum atomic E-state index is 0.0193. The van der Waals surface area contributed by atoms with Gasteiger partial charge in [-0.2, -0.15) is 0 Å². The topological polar surface area (TPSA) is 46.9 Å². The minimum Gasteiger partial charge on any atom is -0.352 e. The number of carbonyl (C=O) groups is 1. The Morgan fingerprint density at radius 3 is 2.65 bits per heavy atom. The highest BCUT2D eigenvalue weighted by molar-refractivity contribution is 5.94. The van der Waals surface area contributed by atoms with E-state index in [0.717, 1.165) is 18.5 Å². The molecule has 0 atom stereocenters. The minimum absolute atomic E-state index is 0.0193. The largest absolute Gasteiger partial charge is 0.352 e. The second-order valence-corrected chi connectivity index (χ2v) is 6.37. The number of aromatic nitrogens is 2. The molecule has 1 aromatic heterocycles. The maximum atomic E-state index is 12.2. The van der Waals surface area contributed by atoms with Crippen molar-refractivity contribution in [3.8, 4) is 0 Å². The summed E-state index contributed by atoms with van der Waals surface area (Å²) in [7, 11) is 0. The first-order valence-corrected chi connectivity index (χ1v) is 8.67. The second-order valence-electron chi connectivity index (χ2n) is 6.37. The van der Waals surface area contributed by atoms with Crippen LogP contribution in [0.1, 0.15) is 60.4 Å². The van der Waals surface area contributed by atoms with Crippen molar-refractivity contribution in [1.29, 1.82) is 0 Å². The fourth-order valence-corrected chi connectivity index (χ4v) is 3.33. The number of amides is 1. The zero-order chi connectivity index (χ0) is 15.9. The lowest BCUT2D eigenvalue weighted by Gasteiger charge is -2.22. The second kappa shape index (κ2) is 7.95. The van der Waals surface area contributed by atoms with Gasteiger partial charge in [0.2, 0.25) is 0 Å². The molecule has 0 spiro atoms. The zero-order valence-electron chi connectivity index (χ0n) is 13.6. The van der Waals surface area contributed by atoms with Gasteiger partial charge in [0.15, 0.2) is 0 Å². The summed E-state index contributed by atoms with van der Waals surface area (Å²) < 4.78 is 2.02. The molecule has 23 heavy (non-hydrogen) atoms. The Kier molecular flexibility index (Phi) is 5.46.